The standard InChI is InChI=1S/C23H15BrFN3O4/c24-18-7-8-21(17(10-18)12-26)31-14-22(29)28-27-13-15-3-1-6-20(9-15)32-23(30)16-4-2-5-19(25)11-16/h1-11,13H,14H2,(H,28,29)/b27-13-. The van der Waals surface area contributed by atoms with Crippen LogP contribution in [0.1, 0.15) is 21.5 Å². The van der Waals surface area contributed by atoms with E-state index in [-0.39, 0.29) is 23.7 Å². The zero-order valence-electron chi connectivity index (χ0n) is 16.4. The van der Waals surface area contributed by atoms with Crippen molar-refractivity contribution in [3.05, 3.63) is 93.7 Å². The van der Waals surface area contributed by atoms with Crippen LogP contribution in [0.3, 0.4) is 0 Å². The van der Waals surface area contributed by atoms with Gasteiger partial charge in [0.1, 0.15) is 23.4 Å². The van der Waals surface area contributed by atoms with Crippen molar-refractivity contribution in [2.45, 2.75) is 0 Å². The number of halogens is 2. The fourth-order valence-corrected chi connectivity index (χ4v) is 2.87. The van der Waals surface area contributed by atoms with E-state index in [1.165, 1.54) is 30.5 Å². The van der Waals surface area contributed by atoms with Gasteiger partial charge in [-0.3, -0.25) is 4.79 Å². The minimum atomic E-state index is -0.700. The third kappa shape index (κ3) is 6.48. The number of hydrogen-bond acceptors (Lipinski definition) is 6. The number of nitrogens with one attached hydrogen (secondary N) is 1. The second kappa shape index (κ2) is 10.8. The van der Waals surface area contributed by atoms with Gasteiger partial charge in [-0.25, -0.2) is 14.6 Å². The fraction of sp³-hybridized carbons (Fsp3) is 0.0435. The Balaban J connectivity index is 1.54. The molecule has 0 saturated carbocycles. The molecule has 0 aliphatic heterocycles. The topological polar surface area (TPSA) is 101 Å². The molecular weight excluding hydrogens is 481 g/mol. The third-order valence-electron chi connectivity index (χ3n) is 3.95. The molecule has 0 saturated heterocycles. The molecule has 0 aromatic heterocycles. The van der Waals surface area contributed by atoms with E-state index < -0.39 is 17.7 Å². The van der Waals surface area contributed by atoms with Crippen molar-refractivity contribution in [2.75, 3.05) is 6.61 Å². The van der Waals surface area contributed by atoms with E-state index >= 15 is 0 Å². The number of nitrogens with zero attached hydrogens (tertiary/aromatic N) is 2. The van der Waals surface area contributed by atoms with Gasteiger partial charge in [-0.05, 0) is 54.1 Å². The molecule has 0 radical (unpaired) electrons. The zero-order valence-corrected chi connectivity index (χ0v) is 18.0. The summed E-state index contributed by atoms with van der Waals surface area (Å²) in [5, 5.41) is 12.9. The summed E-state index contributed by atoms with van der Waals surface area (Å²) < 4.78 is 24.6. The summed E-state index contributed by atoms with van der Waals surface area (Å²) in [6, 6.07) is 18.4. The first kappa shape index (κ1) is 22.7. The number of rotatable bonds is 7. The van der Waals surface area contributed by atoms with Gasteiger partial charge in [0, 0.05) is 4.47 Å². The molecule has 9 heteroatoms. The van der Waals surface area contributed by atoms with Crippen molar-refractivity contribution in [1.82, 2.24) is 5.43 Å². The van der Waals surface area contributed by atoms with Gasteiger partial charge in [0.05, 0.1) is 17.3 Å². The van der Waals surface area contributed by atoms with Crippen LogP contribution >= 0.6 is 15.9 Å². The average Bonchev–Trinajstić information content (AvgIpc) is 2.78. The molecule has 7 nitrogen and oxygen atoms in total. The highest BCUT2D eigenvalue weighted by Gasteiger charge is 2.10. The van der Waals surface area contributed by atoms with Crippen LogP contribution in [0.5, 0.6) is 11.5 Å². The van der Waals surface area contributed by atoms with E-state index in [9.17, 15) is 14.0 Å². The van der Waals surface area contributed by atoms with E-state index in [4.69, 9.17) is 14.7 Å². The van der Waals surface area contributed by atoms with Gasteiger partial charge >= 0.3 is 5.97 Å². The number of hydrazone groups is 1. The number of benzene rings is 3. The van der Waals surface area contributed by atoms with Gasteiger partial charge < -0.3 is 9.47 Å². The molecule has 1 N–H and O–H groups in total. The predicted octanol–water partition coefficient (Wildman–Crippen LogP) is 4.21. The normalized spacial score (nSPS) is 10.4. The minimum absolute atomic E-state index is 0.0849. The molecule has 1 amide bonds. The molecule has 0 fully saturated rings. The summed E-state index contributed by atoms with van der Waals surface area (Å²) in [6.45, 7) is -0.334. The zero-order chi connectivity index (χ0) is 22.9. The highest BCUT2D eigenvalue weighted by atomic mass is 79.9. The summed E-state index contributed by atoms with van der Waals surface area (Å²) in [5.74, 6) is -1.25. The van der Waals surface area contributed by atoms with Gasteiger partial charge in [-0.2, -0.15) is 10.4 Å². The van der Waals surface area contributed by atoms with Crippen molar-refractivity contribution in [2.24, 2.45) is 5.10 Å². The second-order valence-corrected chi connectivity index (χ2v) is 7.22. The maximum Gasteiger partial charge on any atom is 0.343 e. The Morgan fingerprint density at radius 1 is 1.12 bits per heavy atom. The number of carbonyl (C=O) groups excluding carboxylic acids is 2. The number of nitriles is 1. The van der Waals surface area contributed by atoms with Crippen LogP contribution in [-0.4, -0.2) is 24.7 Å². The van der Waals surface area contributed by atoms with Crippen molar-refractivity contribution < 1.29 is 23.5 Å². The molecule has 0 aliphatic carbocycles. The molecule has 0 bridgehead atoms. The summed E-state index contributed by atoms with van der Waals surface area (Å²) >= 11 is 3.26. The predicted molar refractivity (Wildman–Crippen MR) is 118 cm³/mol. The first-order valence-electron chi connectivity index (χ1n) is 9.17. The van der Waals surface area contributed by atoms with Gasteiger partial charge in [0.25, 0.3) is 5.91 Å². The molecule has 0 aliphatic rings. The summed E-state index contributed by atoms with van der Waals surface area (Å²) in [7, 11) is 0. The Hall–Kier alpha value is -4.03. The Kier molecular flexibility index (Phi) is 7.67. The van der Waals surface area contributed by atoms with Gasteiger partial charge in [0.2, 0.25) is 0 Å². The number of ether oxygens (including phenoxy) is 2. The third-order valence-corrected chi connectivity index (χ3v) is 4.45. The lowest BCUT2D eigenvalue weighted by molar-refractivity contribution is -0.123. The van der Waals surface area contributed by atoms with Crippen LogP contribution < -0.4 is 14.9 Å². The van der Waals surface area contributed by atoms with Crippen LogP contribution in [0.25, 0.3) is 0 Å². The maximum atomic E-state index is 13.3. The quantitative estimate of drug-likeness (QED) is 0.229. The van der Waals surface area contributed by atoms with Crippen LogP contribution in [-0.2, 0) is 4.79 Å². The Bertz CT molecular complexity index is 1220. The van der Waals surface area contributed by atoms with E-state index in [0.29, 0.717) is 11.1 Å². The first-order valence-corrected chi connectivity index (χ1v) is 9.96. The molecule has 3 rings (SSSR count). The van der Waals surface area contributed by atoms with Crippen LogP contribution in [0, 0.1) is 17.1 Å². The molecule has 0 heterocycles. The van der Waals surface area contributed by atoms with E-state index in [2.05, 4.69) is 26.5 Å². The van der Waals surface area contributed by atoms with Gasteiger partial charge in [-0.15, -0.1) is 0 Å². The molecule has 0 spiro atoms. The average molecular weight is 496 g/mol. The summed E-state index contributed by atoms with van der Waals surface area (Å²) in [5.41, 5.74) is 3.23. The van der Waals surface area contributed by atoms with Crippen molar-refractivity contribution in [1.29, 1.82) is 5.26 Å². The Morgan fingerprint density at radius 2 is 1.94 bits per heavy atom. The molecule has 0 atom stereocenters. The lowest BCUT2D eigenvalue weighted by Crippen LogP contribution is -2.24. The number of hydrogen-bond donors (Lipinski definition) is 1. The molecule has 160 valence electrons. The van der Waals surface area contributed by atoms with Crippen LogP contribution in [0.4, 0.5) is 4.39 Å². The number of carbonyl (C=O) groups is 2. The molecular formula is C23H15BrFN3O4. The fourth-order valence-electron chi connectivity index (χ4n) is 2.51. The summed E-state index contributed by atoms with van der Waals surface area (Å²) in [6.07, 6.45) is 1.36. The smallest absolute Gasteiger partial charge is 0.343 e. The SMILES string of the molecule is N#Cc1cc(Br)ccc1OCC(=O)N/N=C\c1cccc(OC(=O)c2cccc(F)c2)c1. The molecule has 3 aromatic rings. The first-order chi connectivity index (χ1) is 15.4. The second-order valence-electron chi connectivity index (χ2n) is 6.31. The van der Waals surface area contributed by atoms with E-state index in [1.807, 2.05) is 6.07 Å². The molecule has 3 aromatic carbocycles. The highest BCUT2D eigenvalue weighted by Crippen LogP contribution is 2.22. The lowest BCUT2D eigenvalue weighted by atomic mass is 10.2. The van der Waals surface area contributed by atoms with Crippen LogP contribution in [0.15, 0.2) is 76.3 Å². The molecule has 0 unspecified atom stereocenters. The van der Waals surface area contributed by atoms with Crippen LogP contribution in [0.2, 0.25) is 0 Å². The van der Waals surface area contributed by atoms with Crippen molar-refractivity contribution in [3.8, 4) is 17.6 Å². The number of esters is 1. The maximum absolute atomic E-state index is 13.3. The lowest BCUT2D eigenvalue weighted by Gasteiger charge is -2.07. The molecule has 32 heavy (non-hydrogen) atoms. The van der Waals surface area contributed by atoms with Crippen molar-refractivity contribution >= 4 is 34.0 Å². The van der Waals surface area contributed by atoms with E-state index in [0.717, 1.165) is 10.5 Å². The highest BCUT2D eigenvalue weighted by molar-refractivity contribution is 9.10. The Morgan fingerprint density at radius 3 is 2.72 bits per heavy atom. The summed E-state index contributed by atoms with van der Waals surface area (Å²) in [4.78, 5) is 24.0. The minimum Gasteiger partial charge on any atom is -0.482 e. The van der Waals surface area contributed by atoms with Gasteiger partial charge in [-0.1, -0.05) is 34.1 Å². The monoisotopic (exact) mass is 495 g/mol. The Labute approximate surface area is 191 Å². The largest absolute Gasteiger partial charge is 0.482 e. The van der Waals surface area contributed by atoms with Gasteiger partial charge in [0.15, 0.2) is 6.61 Å². The number of amides is 1. The van der Waals surface area contributed by atoms with E-state index in [1.54, 1.807) is 36.4 Å². The van der Waals surface area contributed by atoms with Crippen molar-refractivity contribution in [3.63, 3.8) is 0 Å².